The number of hydrogen-bond acceptors (Lipinski definition) is 8. The molecular weight excluding hydrogens is 701 g/mol. The molecule has 0 bridgehead atoms. The first-order chi connectivity index (χ1) is 26.0. The number of unbranched alkanes of at least 4 members (excludes halogenated alkanes) is 19. The molecule has 0 spiro atoms. The maximum atomic E-state index is 12.7. The molecule has 0 saturated carbocycles. The van der Waals surface area contributed by atoms with E-state index in [2.05, 4.69) is 50.3 Å². The van der Waals surface area contributed by atoms with Crippen molar-refractivity contribution in [2.75, 3.05) is 47.5 Å². The molecule has 0 heterocycles. The second-order valence-electron chi connectivity index (χ2n) is 15.7. The Kier molecular flexibility index (Phi) is 35.6. The van der Waals surface area contributed by atoms with E-state index in [-0.39, 0.29) is 26.1 Å². The zero-order valence-electron chi connectivity index (χ0n) is 35.4. The topological polar surface area (TPSA) is 111 Å². The van der Waals surface area contributed by atoms with E-state index in [1.54, 1.807) is 0 Å². The predicted molar refractivity (Wildman–Crippen MR) is 222 cm³/mol. The average molecular weight is 784 g/mol. The maximum Gasteiger partial charge on any atom is 0.306 e. The highest BCUT2D eigenvalue weighted by molar-refractivity contribution is 7.45. The Balaban J connectivity index is 4.42. The molecule has 0 N–H and O–H groups in total. The van der Waals surface area contributed by atoms with Crippen LogP contribution >= 0.6 is 7.82 Å². The Morgan fingerprint density at radius 2 is 1.02 bits per heavy atom. The Bertz CT molecular complexity index is 1020. The van der Waals surface area contributed by atoms with Crippen molar-refractivity contribution in [1.82, 2.24) is 0 Å². The van der Waals surface area contributed by atoms with Gasteiger partial charge in [-0.25, -0.2) is 0 Å². The fourth-order valence-electron chi connectivity index (χ4n) is 5.66. The number of carbonyl (C=O) groups is 2. The third kappa shape index (κ3) is 39.9. The first-order valence-corrected chi connectivity index (χ1v) is 23.2. The minimum absolute atomic E-state index is 0.0361. The molecule has 0 aliphatic heterocycles. The van der Waals surface area contributed by atoms with Gasteiger partial charge in [-0.05, 0) is 64.2 Å². The Labute approximate surface area is 331 Å². The SMILES string of the molecule is CCCC/C=C/CCCCCCCCCCCC(=O)O[C@H](COC(=O)CCCC/C=C/C/C=C/CCCCCCCC)COP(=O)([O-])OCC[N+](C)(C)C. The number of hydrogen-bond donors (Lipinski definition) is 0. The number of quaternary nitrogens is 1. The number of allylic oxidation sites excluding steroid dienone is 6. The first kappa shape index (κ1) is 52.2. The summed E-state index contributed by atoms with van der Waals surface area (Å²) in [5.41, 5.74) is 0. The minimum Gasteiger partial charge on any atom is -0.756 e. The number of carbonyl (C=O) groups excluding carboxylic acids is 2. The number of nitrogens with zero attached hydrogens (tertiary/aromatic N) is 1. The molecule has 9 nitrogen and oxygen atoms in total. The minimum atomic E-state index is -4.63. The second kappa shape index (κ2) is 36.8. The van der Waals surface area contributed by atoms with Gasteiger partial charge in [-0.15, -0.1) is 0 Å². The predicted octanol–water partition coefficient (Wildman–Crippen LogP) is 11.5. The van der Waals surface area contributed by atoms with Gasteiger partial charge in [-0.2, -0.15) is 0 Å². The van der Waals surface area contributed by atoms with Crippen LogP contribution in [0.1, 0.15) is 181 Å². The standard InChI is InChI=1S/C44H82NO8P/c1-6-8-10-12-14-16-18-20-22-24-26-28-30-32-34-36-43(46)50-40-42(41-52-54(48,49)51-39-38-45(3,4)5)53-44(47)37-35-33-31-29-27-25-23-21-19-17-15-13-11-9-7-2/h13,15,20,22,26,28,42H,6-12,14,16-19,21,23-25,27,29-41H2,1-5H3/b15-13+,22-20+,28-26+/t42-/m1/s1. The summed E-state index contributed by atoms with van der Waals surface area (Å²) in [6.45, 7) is 4.15. The monoisotopic (exact) mass is 784 g/mol. The Morgan fingerprint density at radius 1 is 0.574 bits per heavy atom. The third-order valence-corrected chi connectivity index (χ3v) is 10.1. The van der Waals surface area contributed by atoms with Gasteiger partial charge < -0.3 is 27.9 Å². The molecule has 0 amide bonds. The van der Waals surface area contributed by atoms with Crippen molar-refractivity contribution >= 4 is 19.8 Å². The van der Waals surface area contributed by atoms with Crippen molar-refractivity contribution in [3.05, 3.63) is 36.5 Å². The van der Waals surface area contributed by atoms with Gasteiger partial charge in [-0.1, -0.05) is 140 Å². The second-order valence-corrected chi connectivity index (χ2v) is 17.1. The summed E-state index contributed by atoms with van der Waals surface area (Å²) in [6.07, 6.45) is 40.3. The van der Waals surface area contributed by atoms with Gasteiger partial charge in [0.1, 0.15) is 19.8 Å². The van der Waals surface area contributed by atoms with Gasteiger partial charge in [0.05, 0.1) is 27.7 Å². The number of phosphoric ester groups is 1. The van der Waals surface area contributed by atoms with Crippen LogP contribution < -0.4 is 4.89 Å². The summed E-state index contributed by atoms with van der Waals surface area (Å²) in [6, 6.07) is 0. The van der Waals surface area contributed by atoms with E-state index in [4.69, 9.17) is 18.5 Å². The molecule has 0 radical (unpaired) electrons. The lowest BCUT2D eigenvalue weighted by Gasteiger charge is -2.28. The first-order valence-electron chi connectivity index (χ1n) is 21.7. The lowest BCUT2D eigenvalue weighted by atomic mass is 10.1. The number of likely N-dealkylation sites (N-methyl/N-ethyl adjacent to an activating group) is 1. The van der Waals surface area contributed by atoms with Gasteiger partial charge in [0.2, 0.25) is 0 Å². The van der Waals surface area contributed by atoms with Crippen LogP contribution in [0.2, 0.25) is 0 Å². The molecule has 0 aliphatic carbocycles. The summed E-state index contributed by atoms with van der Waals surface area (Å²) in [5, 5.41) is 0. The highest BCUT2D eigenvalue weighted by Crippen LogP contribution is 2.38. The van der Waals surface area contributed by atoms with Crippen LogP contribution in [0.4, 0.5) is 0 Å². The molecular formula is C44H82NO8P. The summed E-state index contributed by atoms with van der Waals surface area (Å²) in [7, 11) is 1.15. The van der Waals surface area contributed by atoms with Crippen molar-refractivity contribution in [1.29, 1.82) is 0 Å². The van der Waals surface area contributed by atoms with Gasteiger partial charge in [0.25, 0.3) is 7.82 Å². The van der Waals surface area contributed by atoms with Crippen LogP contribution in [0.25, 0.3) is 0 Å². The van der Waals surface area contributed by atoms with E-state index in [1.165, 1.54) is 96.3 Å². The molecule has 316 valence electrons. The highest BCUT2D eigenvalue weighted by Gasteiger charge is 2.21. The smallest absolute Gasteiger partial charge is 0.306 e. The number of phosphoric acid groups is 1. The zero-order chi connectivity index (χ0) is 40.0. The molecule has 10 heteroatoms. The van der Waals surface area contributed by atoms with Crippen LogP contribution in [-0.2, 0) is 32.7 Å². The molecule has 0 rings (SSSR count). The number of ether oxygens (including phenoxy) is 2. The van der Waals surface area contributed by atoms with Crippen LogP contribution in [0.5, 0.6) is 0 Å². The van der Waals surface area contributed by atoms with E-state index in [0.717, 1.165) is 44.9 Å². The van der Waals surface area contributed by atoms with Crippen molar-refractivity contribution in [2.24, 2.45) is 0 Å². The highest BCUT2D eigenvalue weighted by atomic mass is 31.2. The Morgan fingerprint density at radius 3 is 1.57 bits per heavy atom. The van der Waals surface area contributed by atoms with E-state index < -0.39 is 32.5 Å². The number of esters is 2. The van der Waals surface area contributed by atoms with Gasteiger partial charge in [0, 0.05) is 12.8 Å². The van der Waals surface area contributed by atoms with E-state index in [0.29, 0.717) is 23.9 Å². The largest absolute Gasteiger partial charge is 0.756 e. The van der Waals surface area contributed by atoms with Crippen molar-refractivity contribution in [3.8, 4) is 0 Å². The van der Waals surface area contributed by atoms with Crippen molar-refractivity contribution < 1.29 is 42.1 Å². The van der Waals surface area contributed by atoms with Crippen LogP contribution in [0.3, 0.4) is 0 Å². The molecule has 0 aromatic carbocycles. The zero-order valence-corrected chi connectivity index (χ0v) is 36.3. The summed E-state index contributed by atoms with van der Waals surface area (Å²) >= 11 is 0. The van der Waals surface area contributed by atoms with E-state index >= 15 is 0 Å². The maximum absolute atomic E-state index is 12.7. The molecule has 2 atom stereocenters. The summed E-state index contributed by atoms with van der Waals surface area (Å²) < 4.78 is 33.8. The molecule has 54 heavy (non-hydrogen) atoms. The van der Waals surface area contributed by atoms with Crippen molar-refractivity contribution in [2.45, 2.75) is 187 Å². The van der Waals surface area contributed by atoms with Crippen LogP contribution in [0, 0.1) is 0 Å². The summed E-state index contributed by atoms with van der Waals surface area (Å²) in [5.74, 6) is -0.875. The fraction of sp³-hybridized carbons (Fsp3) is 0.818. The van der Waals surface area contributed by atoms with E-state index in [9.17, 15) is 19.0 Å². The molecule has 0 aromatic rings. The molecule has 0 saturated heterocycles. The van der Waals surface area contributed by atoms with E-state index in [1.807, 2.05) is 21.1 Å². The van der Waals surface area contributed by atoms with Crippen LogP contribution in [0.15, 0.2) is 36.5 Å². The normalized spacial score (nSPS) is 14.0. The quantitative estimate of drug-likeness (QED) is 0.0199. The third-order valence-electron chi connectivity index (χ3n) is 9.13. The molecule has 0 fully saturated rings. The fourth-order valence-corrected chi connectivity index (χ4v) is 6.39. The van der Waals surface area contributed by atoms with Gasteiger partial charge in [-0.3, -0.25) is 14.2 Å². The summed E-state index contributed by atoms with van der Waals surface area (Å²) in [4.78, 5) is 37.5. The molecule has 1 unspecified atom stereocenters. The lowest BCUT2D eigenvalue weighted by Crippen LogP contribution is -2.37. The number of rotatable bonds is 39. The molecule has 0 aliphatic rings. The van der Waals surface area contributed by atoms with Gasteiger partial charge in [0.15, 0.2) is 6.10 Å². The van der Waals surface area contributed by atoms with Gasteiger partial charge >= 0.3 is 11.9 Å². The van der Waals surface area contributed by atoms with Crippen molar-refractivity contribution in [3.63, 3.8) is 0 Å². The molecule has 0 aromatic heterocycles. The lowest BCUT2D eigenvalue weighted by molar-refractivity contribution is -0.870. The Hall–Kier alpha value is -1.77. The average Bonchev–Trinajstić information content (AvgIpc) is 3.12. The van der Waals surface area contributed by atoms with Crippen LogP contribution in [-0.4, -0.2) is 70.0 Å².